The lowest BCUT2D eigenvalue weighted by Crippen LogP contribution is -2.42. The number of ketones is 1. The molecular weight excluding hydrogens is 398 g/mol. The monoisotopic (exact) mass is 427 g/mol. The molecule has 0 amide bonds. The summed E-state index contributed by atoms with van der Waals surface area (Å²) in [4.78, 5) is 15.4. The van der Waals surface area contributed by atoms with E-state index in [2.05, 4.69) is 39.0 Å². The lowest BCUT2D eigenvalue weighted by atomic mass is 9.68. The highest BCUT2D eigenvalue weighted by molar-refractivity contribution is 6.01. The highest BCUT2D eigenvalue weighted by Gasteiger charge is 2.44. The van der Waals surface area contributed by atoms with Gasteiger partial charge in [-0.05, 0) is 53.6 Å². The molecule has 0 radical (unpaired) electrons. The zero-order valence-corrected chi connectivity index (χ0v) is 19.1. The van der Waals surface area contributed by atoms with Crippen LogP contribution >= 0.6 is 0 Å². The van der Waals surface area contributed by atoms with Gasteiger partial charge in [0.25, 0.3) is 0 Å². The summed E-state index contributed by atoms with van der Waals surface area (Å²) in [5.41, 5.74) is 11.4. The lowest BCUT2D eigenvalue weighted by molar-refractivity contribution is -0.118. The zero-order chi connectivity index (χ0) is 23.0. The van der Waals surface area contributed by atoms with Crippen molar-refractivity contribution in [2.45, 2.75) is 46.0 Å². The molecule has 0 saturated carbocycles. The summed E-state index contributed by atoms with van der Waals surface area (Å²) in [6.07, 6.45) is 2.08. The summed E-state index contributed by atoms with van der Waals surface area (Å²) in [7, 11) is 1.62. The van der Waals surface area contributed by atoms with Crippen molar-refractivity contribution in [1.82, 2.24) is 0 Å². The Bertz CT molecular complexity index is 1150. The summed E-state index contributed by atoms with van der Waals surface area (Å²) < 4.78 is 5.30. The number of benzene rings is 2. The second kappa shape index (κ2) is 8.20. The Morgan fingerprint density at radius 3 is 2.34 bits per heavy atom. The maximum Gasteiger partial charge on any atom is 0.162 e. The Balaban J connectivity index is 1.94. The van der Waals surface area contributed by atoms with Crippen LogP contribution in [-0.4, -0.2) is 12.9 Å². The molecule has 0 aromatic heterocycles. The fourth-order valence-electron chi connectivity index (χ4n) is 4.81. The van der Waals surface area contributed by atoms with Crippen LogP contribution < -0.4 is 15.4 Å². The van der Waals surface area contributed by atoms with Gasteiger partial charge >= 0.3 is 0 Å². The molecule has 2 aliphatic rings. The van der Waals surface area contributed by atoms with Gasteiger partial charge in [0.1, 0.15) is 11.6 Å². The molecule has 2 N–H and O–H groups in total. The Morgan fingerprint density at radius 1 is 1.12 bits per heavy atom. The van der Waals surface area contributed by atoms with Gasteiger partial charge in [-0.25, -0.2) is 0 Å². The van der Waals surface area contributed by atoms with Crippen molar-refractivity contribution in [3.8, 4) is 11.8 Å². The highest BCUT2D eigenvalue weighted by atomic mass is 16.5. The van der Waals surface area contributed by atoms with Gasteiger partial charge in [-0.3, -0.25) is 9.69 Å². The summed E-state index contributed by atoms with van der Waals surface area (Å²) in [5, 5.41) is 10.2. The van der Waals surface area contributed by atoms with Crippen LogP contribution in [0, 0.1) is 16.7 Å². The van der Waals surface area contributed by atoms with Crippen LogP contribution in [0.1, 0.15) is 50.7 Å². The Labute approximate surface area is 189 Å². The van der Waals surface area contributed by atoms with Gasteiger partial charge in [-0.2, -0.15) is 5.26 Å². The molecule has 2 aromatic carbocycles. The molecule has 1 atom stereocenters. The van der Waals surface area contributed by atoms with Crippen LogP contribution in [0.2, 0.25) is 0 Å². The first-order chi connectivity index (χ1) is 15.3. The van der Waals surface area contributed by atoms with Gasteiger partial charge in [0.05, 0.1) is 24.7 Å². The number of anilines is 1. The lowest BCUT2D eigenvalue weighted by Gasteiger charge is -2.43. The number of allylic oxidation sites excluding steroid dienone is 3. The highest BCUT2D eigenvalue weighted by Crippen LogP contribution is 2.50. The molecule has 0 spiro atoms. The molecule has 1 unspecified atom stereocenters. The molecule has 1 aliphatic carbocycles. The number of methoxy groups -OCH3 is 1. The topological polar surface area (TPSA) is 79.3 Å². The van der Waals surface area contributed by atoms with E-state index < -0.39 is 5.92 Å². The van der Waals surface area contributed by atoms with Crippen molar-refractivity contribution in [3.05, 3.63) is 82.3 Å². The summed E-state index contributed by atoms with van der Waals surface area (Å²) in [5.74, 6) is 0.752. The minimum absolute atomic E-state index is 0.0829. The van der Waals surface area contributed by atoms with Gasteiger partial charge in [-0.1, -0.05) is 45.0 Å². The molecular formula is C27H29N3O2. The number of nitrogens with zero attached hydrogens (tertiary/aromatic N) is 2. The Hall–Kier alpha value is -3.52. The Morgan fingerprint density at radius 2 is 1.78 bits per heavy atom. The van der Waals surface area contributed by atoms with E-state index in [4.69, 9.17) is 10.5 Å². The standard InChI is InChI=1S/C27H29N3O2/c1-5-17-6-8-18(9-7-17)24-21(16-28)26(29)30(19-10-12-20(32-4)13-11-19)22-14-27(2,3)15-23(31)25(22)24/h6-13,24H,5,14-15,29H2,1-4H3. The minimum Gasteiger partial charge on any atom is -0.497 e. The largest absolute Gasteiger partial charge is 0.497 e. The normalized spacial score (nSPS) is 20.2. The van der Waals surface area contributed by atoms with Gasteiger partial charge in [-0.15, -0.1) is 0 Å². The summed E-state index contributed by atoms with van der Waals surface area (Å²) >= 11 is 0. The molecule has 1 aliphatic heterocycles. The molecule has 0 saturated heterocycles. The molecule has 1 heterocycles. The maximum absolute atomic E-state index is 13.5. The molecule has 0 fully saturated rings. The number of carbonyl (C=O) groups is 1. The van der Waals surface area contributed by atoms with Crippen LogP contribution in [-0.2, 0) is 11.2 Å². The number of rotatable bonds is 4. The third-order valence-corrected chi connectivity index (χ3v) is 6.43. The first-order valence-corrected chi connectivity index (χ1v) is 11.0. The molecule has 5 nitrogen and oxygen atoms in total. The average Bonchev–Trinajstić information content (AvgIpc) is 2.78. The van der Waals surface area contributed by atoms with Crippen molar-refractivity contribution >= 4 is 11.5 Å². The van der Waals surface area contributed by atoms with E-state index in [9.17, 15) is 10.1 Å². The number of hydrogen-bond donors (Lipinski definition) is 1. The van der Waals surface area contributed by atoms with E-state index in [0.717, 1.165) is 29.1 Å². The number of nitriles is 1. The maximum atomic E-state index is 13.5. The number of nitrogens with two attached hydrogens (primary N) is 1. The molecule has 4 rings (SSSR count). The number of ether oxygens (including phenoxy) is 1. The number of Topliss-reactive ketones (excluding diaryl/α,β-unsaturated/α-hetero) is 1. The van der Waals surface area contributed by atoms with Gasteiger partial charge < -0.3 is 10.5 Å². The van der Waals surface area contributed by atoms with Gasteiger partial charge in [0.2, 0.25) is 0 Å². The van der Waals surface area contributed by atoms with Crippen molar-refractivity contribution < 1.29 is 9.53 Å². The van der Waals surface area contributed by atoms with Crippen LogP contribution in [0.3, 0.4) is 0 Å². The molecule has 32 heavy (non-hydrogen) atoms. The minimum atomic E-state index is -0.445. The second-order valence-corrected chi connectivity index (χ2v) is 9.27. The van der Waals surface area contributed by atoms with E-state index in [0.29, 0.717) is 29.8 Å². The number of hydrogen-bond acceptors (Lipinski definition) is 5. The summed E-state index contributed by atoms with van der Waals surface area (Å²) in [6, 6.07) is 18.0. The fraction of sp³-hybridized carbons (Fsp3) is 0.333. The summed E-state index contributed by atoms with van der Waals surface area (Å²) in [6.45, 7) is 6.31. The zero-order valence-electron chi connectivity index (χ0n) is 19.1. The quantitative estimate of drug-likeness (QED) is 0.726. The van der Waals surface area contributed by atoms with Crippen LogP contribution in [0.4, 0.5) is 5.69 Å². The van der Waals surface area contributed by atoms with E-state index in [-0.39, 0.29) is 11.2 Å². The van der Waals surface area contributed by atoms with E-state index in [1.807, 2.05) is 41.3 Å². The van der Waals surface area contributed by atoms with Crippen LogP contribution in [0.15, 0.2) is 71.2 Å². The van der Waals surface area contributed by atoms with Crippen molar-refractivity contribution in [3.63, 3.8) is 0 Å². The fourth-order valence-corrected chi connectivity index (χ4v) is 4.81. The van der Waals surface area contributed by atoms with E-state index >= 15 is 0 Å². The van der Waals surface area contributed by atoms with Gasteiger partial charge in [0.15, 0.2) is 5.78 Å². The SMILES string of the molecule is CCc1ccc(C2C(C#N)=C(N)N(c3ccc(OC)cc3)C3=C2C(=O)CC(C)(C)C3)cc1. The molecule has 2 aromatic rings. The smallest absolute Gasteiger partial charge is 0.162 e. The third kappa shape index (κ3) is 3.67. The first-order valence-electron chi connectivity index (χ1n) is 11.0. The average molecular weight is 428 g/mol. The van der Waals surface area contributed by atoms with Crippen molar-refractivity contribution in [2.24, 2.45) is 11.1 Å². The molecule has 0 bridgehead atoms. The molecule has 164 valence electrons. The molecule has 5 heteroatoms. The predicted molar refractivity (Wildman–Crippen MR) is 126 cm³/mol. The van der Waals surface area contributed by atoms with Gasteiger partial charge in [0, 0.05) is 23.4 Å². The predicted octanol–water partition coefficient (Wildman–Crippen LogP) is 5.20. The van der Waals surface area contributed by atoms with Crippen LogP contribution in [0.25, 0.3) is 0 Å². The van der Waals surface area contributed by atoms with Crippen LogP contribution in [0.5, 0.6) is 5.75 Å². The van der Waals surface area contributed by atoms with E-state index in [1.165, 1.54) is 5.56 Å². The Kier molecular flexibility index (Phi) is 5.56. The van der Waals surface area contributed by atoms with Crippen molar-refractivity contribution in [2.75, 3.05) is 12.0 Å². The number of carbonyl (C=O) groups excluding carboxylic acids is 1. The number of aryl methyl sites for hydroxylation is 1. The second-order valence-electron chi connectivity index (χ2n) is 9.27. The van der Waals surface area contributed by atoms with E-state index in [1.54, 1.807) is 7.11 Å². The first kappa shape index (κ1) is 21.7. The van der Waals surface area contributed by atoms with Crippen molar-refractivity contribution in [1.29, 1.82) is 5.26 Å². The third-order valence-electron chi connectivity index (χ3n) is 6.43.